The normalized spacial score (nSPS) is 19.4. The number of quaternary nitrogens is 1. The summed E-state index contributed by atoms with van der Waals surface area (Å²) >= 11 is 0. The molecule has 2 aromatic carbocycles. The van der Waals surface area contributed by atoms with Crippen LogP contribution in [0.25, 0.3) is 0 Å². The fraction of sp³-hybridized carbons (Fsp3) is 0.364. The van der Waals surface area contributed by atoms with Crippen molar-refractivity contribution in [3.8, 4) is 0 Å². The zero-order valence-electron chi connectivity index (χ0n) is 17.1. The van der Waals surface area contributed by atoms with Crippen LogP contribution in [-0.2, 0) is 22.6 Å². The van der Waals surface area contributed by atoms with Crippen LogP contribution < -0.4 is 5.32 Å². The highest BCUT2D eigenvalue weighted by Crippen LogP contribution is 2.15. The minimum Gasteiger partial charge on any atom is -0.351 e. The standard InChI is InChI=1S/C22H26N4O4/c1-26(14-13-24(16-22(26)28)15-19-5-3-2-4-6-19)17-21(27)23-12-11-18-7-9-20(10-8-18)25(29)30/h2-10H,11-17H2,1H3/p+1. The van der Waals surface area contributed by atoms with Gasteiger partial charge in [0.1, 0.15) is 6.54 Å². The molecule has 1 aliphatic rings. The fourth-order valence-corrected chi connectivity index (χ4v) is 3.58. The smallest absolute Gasteiger partial charge is 0.328 e. The molecule has 1 heterocycles. The average molecular weight is 411 g/mol. The second-order valence-electron chi connectivity index (χ2n) is 7.89. The minimum atomic E-state index is -0.438. The Morgan fingerprint density at radius 3 is 2.47 bits per heavy atom. The molecular weight excluding hydrogens is 384 g/mol. The van der Waals surface area contributed by atoms with E-state index >= 15 is 0 Å². The Morgan fingerprint density at radius 1 is 1.13 bits per heavy atom. The van der Waals surface area contributed by atoms with Crippen molar-refractivity contribution in [2.75, 3.05) is 39.8 Å². The van der Waals surface area contributed by atoms with Crippen LogP contribution >= 0.6 is 0 Å². The summed E-state index contributed by atoms with van der Waals surface area (Å²) in [5, 5.41) is 13.5. The van der Waals surface area contributed by atoms with Gasteiger partial charge in [-0.15, -0.1) is 0 Å². The molecule has 1 aliphatic heterocycles. The summed E-state index contributed by atoms with van der Waals surface area (Å²) in [6, 6.07) is 16.3. The van der Waals surface area contributed by atoms with Gasteiger partial charge < -0.3 is 5.32 Å². The highest BCUT2D eigenvalue weighted by atomic mass is 16.6. The highest BCUT2D eigenvalue weighted by molar-refractivity contribution is 5.81. The molecular formula is C22H27N4O4+. The summed E-state index contributed by atoms with van der Waals surface area (Å²) in [5.41, 5.74) is 2.13. The first-order valence-electron chi connectivity index (χ1n) is 10.00. The number of amides is 2. The maximum Gasteiger partial charge on any atom is 0.328 e. The van der Waals surface area contributed by atoms with E-state index < -0.39 is 4.92 Å². The van der Waals surface area contributed by atoms with E-state index in [9.17, 15) is 19.7 Å². The van der Waals surface area contributed by atoms with E-state index in [1.54, 1.807) is 12.1 Å². The van der Waals surface area contributed by atoms with E-state index in [1.807, 2.05) is 37.4 Å². The number of likely N-dealkylation sites (N-methyl/N-ethyl adjacent to an activating group) is 1. The van der Waals surface area contributed by atoms with Crippen LogP contribution in [0, 0.1) is 10.1 Å². The van der Waals surface area contributed by atoms with Gasteiger partial charge in [-0.1, -0.05) is 42.5 Å². The molecule has 1 N–H and O–H groups in total. The molecule has 2 amide bonds. The molecule has 8 nitrogen and oxygen atoms in total. The number of hydrogen-bond donors (Lipinski definition) is 1. The van der Waals surface area contributed by atoms with Gasteiger partial charge in [-0.2, -0.15) is 0 Å². The molecule has 0 radical (unpaired) electrons. The lowest BCUT2D eigenvalue weighted by molar-refractivity contribution is -0.830. The molecule has 1 atom stereocenters. The van der Waals surface area contributed by atoms with Crippen molar-refractivity contribution in [3.63, 3.8) is 0 Å². The van der Waals surface area contributed by atoms with Crippen molar-refractivity contribution in [1.29, 1.82) is 0 Å². The van der Waals surface area contributed by atoms with E-state index in [-0.39, 0.29) is 28.5 Å². The number of hydrogen-bond acceptors (Lipinski definition) is 5. The van der Waals surface area contributed by atoms with Crippen molar-refractivity contribution in [1.82, 2.24) is 10.2 Å². The van der Waals surface area contributed by atoms with E-state index in [4.69, 9.17) is 0 Å². The van der Waals surface area contributed by atoms with Crippen molar-refractivity contribution in [3.05, 3.63) is 75.8 Å². The summed E-state index contributed by atoms with van der Waals surface area (Å²) in [6.07, 6.45) is 0.576. The number of rotatable bonds is 8. The number of nitrogens with zero attached hydrogens (tertiary/aromatic N) is 3. The number of nitro groups is 1. The summed E-state index contributed by atoms with van der Waals surface area (Å²) in [6.45, 7) is 2.97. The van der Waals surface area contributed by atoms with E-state index in [0.29, 0.717) is 26.1 Å². The third-order valence-corrected chi connectivity index (χ3v) is 5.50. The van der Waals surface area contributed by atoms with Crippen LogP contribution in [0.1, 0.15) is 11.1 Å². The van der Waals surface area contributed by atoms with Gasteiger partial charge in [0.2, 0.25) is 0 Å². The van der Waals surface area contributed by atoms with Gasteiger partial charge in [0.15, 0.2) is 6.54 Å². The lowest BCUT2D eigenvalue weighted by atomic mass is 10.1. The largest absolute Gasteiger partial charge is 0.351 e. The topological polar surface area (TPSA) is 92.5 Å². The van der Waals surface area contributed by atoms with Gasteiger partial charge in [0.05, 0.1) is 18.5 Å². The van der Waals surface area contributed by atoms with Gasteiger partial charge >= 0.3 is 5.91 Å². The molecule has 0 bridgehead atoms. The number of nitrogens with one attached hydrogen (secondary N) is 1. The van der Waals surface area contributed by atoms with Crippen molar-refractivity contribution < 1.29 is 19.0 Å². The monoisotopic (exact) mass is 411 g/mol. The molecule has 8 heteroatoms. The molecule has 3 rings (SSSR count). The predicted octanol–water partition coefficient (Wildman–Crippen LogP) is 1.74. The van der Waals surface area contributed by atoms with Gasteiger partial charge in [-0.05, 0) is 17.5 Å². The number of piperazine rings is 1. The van der Waals surface area contributed by atoms with Crippen molar-refractivity contribution in [2.45, 2.75) is 13.0 Å². The van der Waals surface area contributed by atoms with E-state index in [2.05, 4.69) is 10.2 Å². The maximum absolute atomic E-state index is 12.7. The van der Waals surface area contributed by atoms with Crippen molar-refractivity contribution in [2.24, 2.45) is 0 Å². The summed E-state index contributed by atoms with van der Waals surface area (Å²) in [4.78, 5) is 37.5. The number of benzene rings is 2. The predicted molar refractivity (Wildman–Crippen MR) is 112 cm³/mol. The Hall–Kier alpha value is -3.10. The zero-order valence-corrected chi connectivity index (χ0v) is 17.1. The third kappa shape index (κ3) is 5.71. The van der Waals surface area contributed by atoms with Gasteiger partial charge in [-0.3, -0.25) is 24.3 Å². The SMILES string of the molecule is C[N+]1(CC(=O)NCCc2ccc([N+](=O)[O-])cc2)CCN(Cc2ccccc2)CC1=O. The Bertz CT molecular complexity index is 901. The second-order valence-corrected chi connectivity index (χ2v) is 7.89. The lowest BCUT2D eigenvalue weighted by Gasteiger charge is -2.38. The summed E-state index contributed by atoms with van der Waals surface area (Å²) in [7, 11) is 1.82. The molecule has 30 heavy (non-hydrogen) atoms. The zero-order chi connectivity index (χ0) is 21.6. The Labute approximate surface area is 175 Å². The Morgan fingerprint density at radius 2 is 1.83 bits per heavy atom. The van der Waals surface area contributed by atoms with Crippen LogP contribution in [0.15, 0.2) is 54.6 Å². The molecule has 158 valence electrons. The number of carbonyl (C=O) groups is 2. The first kappa shape index (κ1) is 21.6. The Kier molecular flexibility index (Phi) is 6.91. The van der Waals surface area contributed by atoms with Crippen molar-refractivity contribution >= 4 is 17.5 Å². The fourth-order valence-electron chi connectivity index (χ4n) is 3.58. The minimum absolute atomic E-state index is 0.0442. The van der Waals surface area contributed by atoms with Crippen LogP contribution in [0.4, 0.5) is 5.69 Å². The van der Waals surface area contributed by atoms with E-state index in [1.165, 1.54) is 17.7 Å². The lowest BCUT2D eigenvalue weighted by Crippen LogP contribution is -2.63. The van der Waals surface area contributed by atoms with Crippen LogP contribution in [0.5, 0.6) is 0 Å². The third-order valence-electron chi connectivity index (χ3n) is 5.50. The quantitative estimate of drug-likeness (QED) is 0.406. The van der Waals surface area contributed by atoms with Gasteiger partial charge in [-0.25, -0.2) is 4.79 Å². The first-order chi connectivity index (χ1) is 14.4. The average Bonchev–Trinajstić information content (AvgIpc) is 2.72. The molecule has 0 spiro atoms. The van der Waals surface area contributed by atoms with Gasteiger partial charge in [0, 0.05) is 31.8 Å². The molecule has 1 unspecified atom stereocenters. The highest BCUT2D eigenvalue weighted by Gasteiger charge is 2.39. The Balaban J connectivity index is 1.44. The second kappa shape index (κ2) is 9.60. The summed E-state index contributed by atoms with van der Waals surface area (Å²) < 4.78 is 0.106. The van der Waals surface area contributed by atoms with Crippen LogP contribution in [-0.4, -0.2) is 65.9 Å². The molecule has 1 fully saturated rings. The number of non-ortho nitro benzene ring substituents is 1. The molecule has 2 aromatic rings. The van der Waals surface area contributed by atoms with Gasteiger partial charge in [0.25, 0.3) is 11.6 Å². The number of nitro benzene ring substituents is 1. The molecule has 1 saturated heterocycles. The first-order valence-corrected chi connectivity index (χ1v) is 10.00. The molecule has 0 saturated carbocycles. The van der Waals surface area contributed by atoms with Crippen LogP contribution in [0.3, 0.4) is 0 Å². The molecule has 0 aromatic heterocycles. The summed E-state index contributed by atoms with van der Waals surface area (Å²) in [5.74, 6) is -0.119. The van der Waals surface area contributed by atoms with E-state index in [0.717, 1.165) is 18.7 Å². The molecule has 0 aliphatic carbocycles. The maximum atomic E-state index is 12.7. The van der Waals surface area contributed by atoms with Crippen LogP contribution in [0.2, 0.25) is 0 Å². The number of carbonyl (C=O) groups excluding carboxylic acids is 2.